The van der Waals surface area contributed by atoms with E-state index in [1.54, 1.807) is 19.1 Å². The van der Waals surface area contributed by atoms with Crippen LogP contribution in [0.25, 0.3) is 0 Å². The lowest BCUT2D eigenvalue weighted by atomic mass is 10.3. The van der Waals surface area contributed by atoms with E-state index in [1.807, 2.05) is 6.07 Å². The van der Waals surface area contributed by atoms with Gasteiger partial charge in [-0.05, 0) is 6.54 Å². The third kappa shape index (κ3) is 7.72. The summed E-state index contributed by atoms with van der Waals surface area (Å²) >= 11 is 0. The molecule has 0 aliphatic carbocycles. The number of hydrogen-bond acceptors (Lipinski definition) is 4. The third-order valence-electron chi connectivity index (χ3n) is 2.69. The molecule has 1 amide bonds. The van der Waals surface area contributed by atoms with Crippen molar-refractivity contribution >= 4 is 5.91 Å². The maximum atomic E-state index is 11.7. The highest BCUT2D eigenvalue weighted by atomic mass is 16.5. The van der Waals surface area contributed by atoms with Gasteiger partial charge in [-0.25, -0.2) is 0 Å². The smallest absolute Gasteiger partial charge is 0.223 e. The first-order chi connectivity index (χ1) is 8.15. The first-order valence-corrected chi connectivity index (χ1v) is 5.97. The first kappa shape index (κ1) is 15.9. The van der Waals surface area contributed by atoms with Gasteiger partial charge in [-0.15, -0.1) is 0 Å². The fourth-order valence-electron chi connectivity index (χ4n) is 1.44. The Kier molecular flexibility index (Phi) is 9.40. The minimum Gasteiger partial charge on any atom is -0.383 e. The van der Waals surface area contributed by atoms with Crippen molar-refractivity contribution < 1.29 is 9.53 Å². The van der Waals surface area contributed by atoms with Crippen molar-refractivity contribution in [1.82, 2.24) is 9.80 Å². The van der Waals surface area contributed by atoms with Crippen molar-refractivity contribution in [3.63, 3.8) is 0 Å². The van der Waals surface area contributed by atoms with Gasteiger partial charge in [0.2, 0.25) is 5.91 Å². The van der Waals surface area contributed by atoms with Crippen LogP contribution in [0.1, 0.15) is 19.8 Å². The molecule has 0 heterocycles. The molecule has 0 aromatic carbocycles. The Morgan fingerprint density at radius 1 is 1.35 bits per heavy atom. The van der Waals surface area contributed by atoms with Crippen LogP contribution in [-0.4, -0.2) is 62.7 Å². The molecule has 0 unspecified atom stereocenters. The van der Waals surface area contributed by atoms with Crippen molar-refractivity contribution in [2.45, 2.75) is 19.8 Å². The molecule has 0 aliphatic heterocycles. The van der Waals surface area contributed by atoms with E-state index >= 15 is 0 Å². The topological polar surface area (TPSA) is 56.6 Å². The summed E-state index contributed by atoms with van der Waals surface area (Å²) in [5.41, 5.74) is 0. The minimum atomic E-state index is 0.0936. The summed E-state index contributed by atoms with van der Waals surface area (Å²) in [7, 11) is 3.42. The van der Waals surface area contributed by atoms with Gasteiger partial charge in [0.15, 0.2) is 0 Å². The second-order valence-electron chi connectivity index (χ2n) is 3.90. The average Bonchev–Trinajstić information content (AvgIpc) is 2.35. The lowest BCUT2D eigenvalue weighted by Gasteiger charge is -2.21. The number of ether oxygens (including phenoxy) is 1. The molecule has 0 bridgehead atoms. The monoisotopic (exact) mass is 241 g/mol. The molecule has 17 heavy (non-hydrogen) atoms. The van der Waals surface area contributed by atoms with Crippen LogP contribution in [0, 0.1) is 11.3 Å². The molecule has 98 valence electrons. The molecule has 0 fully saturated rings. The van der Waals surface area contributed by atoms with E-state index in [4.69, 9.17) is 10.00 Å². The van der Waals surface area contributed by atoms with Gasteiger partial charge in [-0.1, -0.05) is 6.92 Å². The Bertz CT molecular complexity index is 251. The van der Waals surface area contributed by atoms with Gasteiger partial charge in [0, 0.05) is 40.2 Å². The van der Waals surface area contributed by atoms with Crippen molar-refractivity contribution in [3.8, 4) is 6.07 Å². The zero-order valence-corrected chi connectivity index (χ0v) is 11.1. The summed E-state index contributed by atoms with van der Waals surface area (Å²) in [5, 5.41) is 8.44. The van der Waals surface area contributed by atoms with Crippen molar-refractivity contribution in [3.05, 3.63) is 0 Å². The number of nitrogens with zero attached hydrogens (tertiary/aromatic N) is 3. The van der Waals surface area contributed by atoms with E-state index in [9.17, 15) is 4.79 Å². The van der Waals surface area contributed by atoms with Crippen molar-refractivity contribution in [1.29, 1.82) is 5.26 Å². The van der Waals surface area contributed by atoms with Crippen LogP contribution in [0.3, 0.4) is 0 Å². The molecule has 5 nitrogen and oxygen atoms in total. The maximum Gasteiger partial charge on any atom is 0.223 e. The Morgan fingerprint density at radius 3 is 2.59 bits per heavy atom. The van der Waals surface area contributed by atoms with Crippen LogP contribution in [0.15, 0.2) is 0 Å². The zero-order chi connectivity index (χ0) is 13.1. The van der Waals surface area contributed by atoms with Gasteiger partial charge >= 0.3 is 0 Å². The lowest BCUT2D eigenvalue weighted by molar-refractivity contribution is -0.130. The van der Waals surface area contributed by atoms with E-state index < -0.39 is 0 Å². The second kappa shape index (κ2) is 10.1. The van der Waals surface area contributed by atoms with Crippen molar-refractivity contribution in [2.24, 2.45) is 0 Å². The summed E-state index contributed by atoms with van der Waals surface area (Å²) in [5.74, 6) is 0.0936. The molecule has 0 aromatic rings. The third-order valence-corrected chi connectivity index (χ3v) is 2.69. The zero-order valence-electron chi connectivity index (χ0n) is 11.1. The summed E-state index contributed by atoms with van der Waals surface area (Å²) in [6.07, 6.45) is 0.892. The number of methoxy groups -OCH3 is 1. The lowest BCUT2D eigenvalue weighted by Crippen LogP contribution is -2.34. The molecule has 0 N–H and O–H groups in total. The average molecular weight is 241 g/mol. The number of carbonyl (C=O) groups is 1. The molecule has 0 aromatic heterocycles. The fourth-order valence-corrected chi connectivity index (χ4v) is 1.44. The van der Waals surface area contributed by atoms with Crippen LogP contribution < -0.4 is 0 Å². The molecule has 0 saturated carbocycles. The standard InChI is InChI=1S/C12H23N3O2/c1-4-15(10-11-17-3)9-6-12(16)14(2)8-5-7-13/h4-6,8-11H2,1-3H3. The van der Waals surface area contributed by atoms with Crippen molar-refractivity contribution in [2.75, 3.05) is 46.9 Å². The van der Waals surface area contributed by atoms with E-state index in [-0.39, 0.29) is 5.91 Å². The van der Waals surface area contributed by atoms with Crippen LogP contribution in [0.2, 0.25) is 0 Å². The highest BCUT2D eigenvalue weighted by Crippen LogP contribution is 1.97. The molecule has 0 spiro atoms. The Hall–Kier alpha value is -1.12. The van der Waals surface area contributed by atoms with Gasteiger partial charge in [-0.2, -0.15) is 5.26 Å². The molecule has 5 heteroatoms. The van der Waals surface area contributed by atoms with Gasteiger partial charge in [0.1, 0.15) is 0 Å². The van der Waals surface area contributed by atoms with Crippen LogP contribution in [0.4, 0.5) is 0 Å². The number of carbonyl (C=O) groups excluding carboxylic acids is 1. The molecule has 0 rings (SSSR count). The van der Waals surface area contributed by atoms with Gasteiger partial charge in [-0.3, -0.25) is 4.79 Å². The van der Waals surface area contributed by atoms with Gasteiger partial charge < -0.3 is 14.5 Å². The molecular weight excluding hydrogens is 218 g/mol. The summed E-state index contributed by atoms with van der Waals surface area (Å²) in [6.45, 7) is 5.78. The molecule has 0 saturated heterocycles. The number of likely N-dealkylation sites (N-methyl/N-ethyl adjacent to an activating group) is 1. The molecule has 0 aliphatic rings. The quantitative estimate of drug-likeness (QED) is 0.597. The highest BCUT2D eigenvalue weighted by Gasteiger charge is 2.10. The fraction of sp³-hybridized carbons (Fsp3) is 0.833. The van der Waals surface area contributed by atoms with Gasteiger partial charge in [0.25, 0.3) is 0 Å². The van der Waals surface area contributed by atoms with Crippen LogP contribution in [-0.2, 0) is 9.53 Å². The van der Waals surface area contributed by atoms with Crippen LogP contribution >= 0.6 is 0 Å². The predicted octanol–water partition coefficient (Wildman–Crippen LogP) is 0.717. The Labute approximate surface area is 104 Å². The largest absolute Gasteiger partial charge is 0.383 e. The Balaban J connectivity index is 3.83. The summed E-state index contributed by atoms with van der Waals surface area (Å²) in [6, 6.07) is 2.04. The SMILES string of the molecule is CCN(CCOC)CCC(=O)N(C)CCC#N. The van der Waals surface area contributed by atoms with E-state index in [0.717, 1.165) is 19.6 Å². The summed E-state index contributed by atoms with van der Waals surface area (Å²) < 4.78 is 5.01. The Morgan fingerprint density at radius 2 is 2.06 bits per heavy atom. The van der Waals surface area contributed by atoms with E-state index in [2.05, 4.69) is 11.8 Å². The highest BCUT2D eigenvalue weighted by molar-refractivity contribution is 5.76. The van der Waals surface area contributed by atoms with Crippen LogP contribution in [0.5, 0.6) is 0 Å². The number of nitriles is 1. The molecule has 0 atom stereocenters. The maximum absolute atomic E-state index is 11.7. The summed E-state index contributed by atoms with van der Waals surface area (Å²) in [4.78, 5) is 15.5. The van der Waals surface area contributed by atoms with E-state index in [0.29, 0.717) is 26.0 Å². The normalized spacial score (nSPS) is 10.3. The predicted molar refractivity (Wildman–Crippen MR) is 66.5 cm³/mol. The first-order valence-electron chi connectivity index (χ1n) is 5.97. The molecular formula is C12H23N3O2. The number of rotatable bonds is 9. The number of amides is 1. The minimum absolute atomic E-state index is 0.0936. The van der Waals surface area contributed by atoms with Gasteiger partial charge in [0.05, 0.1) is 19.1 Å². The molecule has 0 radical (unpaired) electrons. The second-order valence-corrected chi connectivity index (χ2v) is 3.90. The number of hydrogen-bond donors (Lipinski definition) is 0. The van der Waals surface area contributed by atoms with E-state index in [1.165, 1.54) is 0 Å².